The lowest BCUT2D eigenvalue weighted by Crippen LogP contribution is -2.23. The molecule has 0 atom stereocenters. The summed E-state index contributed by atoms with van der Waals surface area (Å²) in [5, 5.41) is 3.42. The van der Waals surface area contributed by atoms with Gasteiger partial charge < -0.3 is 14.8 Å². The van der Waals surface area contributed by atoms with Gasteiger partial charge in [0.1, 0.15) is 13.2 Å². The molecule has 2 aromatic carbocycles. The van der Waals surface area contributed by atoms with Gasteiger partial charge in [0, 0.05) is 6.54 Å². The van der Waals surface area contributed by atoms with E-state index in [0.717, 1.165) is 31.0 Å². The smallest absolute Gasteiger partial charge is 0.161 e. The van der Waals surface area contributed by atoms with Crippen LogP contribution in [0.2, 0.25) is 0 Å². The lowest BCUT2D eigenvalue weighted by atomic mass is 9.95. The molecule has 0 radical (unpaired) electrons. The van der Waals surface area contributed by atoms with E-state index in [1.165, 1.54) is 22.3 Å². The molecule has 2 aliphatic heterocycles. The molecule has 2 aliphatic rings. The lowest BCUT2D eigenvalue weighted by molar-refractivity contribution is 0.171. The zero-order valence-corrected chi connectivity index (χ0v) is 11.3. The molecule has 0 unspecified atom stereocenters. The van der Waals surface area contributed by atoms with Gasteiger partial charge in [0.2, 0.25) is 0 Å². The van der Waals surface area contributed by atoms with E-state index in [9.17, 15) is 0 Å². The molecule has 0 spiro atoms. The van der Waals surface area contributed by atoms with Gasteiger partial charge in [0.05, 0.1) is 0 Å². The van der Waals surface area contributed by atoms with Gasteiger partial charge in [-0.05, 0) is 53.4 Å². The number of benzene rings is 2. The third kappa shape index (κ3) is 2.04. The molecular weight excluding hydrogens is 250 g/mol. The molecule has 0 saturated heterocycles. The number of nitrogens with one attached hydrogen (secondary N) is 1. The van der Waals surface area contributed by atoms with Crippen molar-refractivity contribution in [2.75, 3.05) is 19.8 Å². The Labute approximate surface area is 118 Å². The zero-order chi connectivity index (χ0) is 13.4. The normalized spacial score (nSPS) is 16.6. The molecule has 20 heavy (non-hydrogen) atoms. The van der Waals surface area contributed by atoms with Crippen LogP contribution in [0.3, 0.4) is 0 Å². The number of rotatable bonds is 1. The van der Waals surface area contributed by atoms with Crippen LogP contribution in [0, 0.1) is 0 Å². The summed E-state index contributed by atoms with van der Waals surface area (Å²) in [5.41, 5.74) is 5.29. The summed E-state index contributed by atoms with van der Waals surface area (Å²) < 4.78 is 11.2. The Morgan fingerprint density at radius 2 is 1.60 bits per heavy atom. The van der Waals surface area contributed by atoms with Gasteiger partial charge >= 0.3 is 0 Å². The Hall–Kier alpha value is -2.00. The molecule has 1 N–H and O–H groups in total. The summed E-state index contributed by atoms with van der Waals surface area (Å²) >= 11 is 0. The zero-order valence-electron chi connectivity index (χ0n) is 11.3. The van der Waals surface area contributed by atoms with Crippen molar-refractivity contribution >= 4 is 0 Å². The molecule has 2 heterocycles. The van der Waals surface area contributed by atoms with Gasteiger partial charge in [0.15, 0.2) is 11.5 Å². The number of hydrogen-bond donors (Lipinski definition) is 1. The van der Waals surface area contributed by atoms with Crippen LogP contribution >= 0.6 is 0 Å². The van der Waals surface area contributed by atoms with E-state index >= 15 is 0 Å². The largest absolute Gasteiger partial charge is 0.486 e. The first-order valence-electron chi connectivity index (χ1n) is 7.13. The van der Waals surface area contributed by atoms with E-state index in [0.29, 0.717) is 13.2 Å². The quantitative estimate of drug-likeness (QED) is 0.862. The Morgan fingerprint density at radius 1 is 0.800 bits per heavy atom. The van der Waals surface area contributed by atoms with Crippen LogP contribution in [0.4, 0.5) is 0 Å². The van der Waals surface area contributed by atoms with E-state index in [1.807, 2.05) is 6.07 Å². The first-order valence-corrected chi connectivity index (χ1v) is 7.13. The van der Waals surface area contributed by atoms with Gasteiger partial charge in [-0.25, -0.2) is 0 Å². The Bertz CT molecular complexity index is 594. The molecule has 0 saturated carbocycles. The second kappa shape index (κ2) is 4.84. The van der Waals surface area contributed by atoms with Crippen LogP contribution in [0.1, 0.15) is 11.1 Å². The predicted molar refractivity (Wildman–Crippen MR) is 78.3 cm³/mol. The van der Waals surface area contributed by atoms with Crippen molar-refractivity contribution in [1.82, 2.24) is 5.32 Å². The molecule has 3 heteroatoms. The second-order valence-corrected chi connectivity index (χ2v) is 5.27. The number of ether oxygens (including phenoxy) is 2. The summed E-state index contributed by atoms with van der Waals surface area (Å²) in [7, 11) is 0. The minimum absolute atomic E-state index is 0.630. The summed E-state index contributed by atoms with van der Waals surface area (Å²) in [6, 6.07) is 12.9. The van der Waals surface area contributed by atoms with Crippen LogP contribution in [-0.4, -0.2) is 19.8 Å². The van der Waals surface area contributed by atoms with E-state index in [-0.39, 0.29) is 0 Å². The molecule has 4 rings (SSSR count). The molecule has 2 aromatic rings. The topological polar surface area (TPSA) is 30.5 Å². The van der Waals surface area contributed by atoms with Gasteiger partial charge in [-0.3, -0.25) is 0 Å². The fourth-order valence-electron chi connectivity index (χ4n) is 2.88. The fourth-order valence-corrected chi connectivity index (χ4v) is 2.88. The molecule has 102 valence electrons. The van der Waals surface area contributed by atoms with Gasteiger partial charge in [-0.2, -0.15) is 0 Å². The van der Waals surface area contributed by atoms with E-state index < -0.39 is 0 Å². The first kappa shape index (κ1) is 11.8. The summed E-state index contributed by atoms with van der Waals surface area (Å²) in [6.45, 7) is 3.31. The third-order valence-corrected chi connectivity index (χ3v) is 3.97. The molecule has 0 fully saturated rings. The Kier molecular flexibility index (Phi) is 2.85. The highest BCUT2D eigenvalue weighted by Crippen LogP contribution is 2.35. The molecule has 0 aromatic heterocycles. The Balaban J connectivity index is 1.73. The molecule has 0 aliphatic carbocycles. The lowest BCUT2D eigenvalue weighted by Gasteiger charge is -2.20. The van der Waals surface area contributed by atoms with E-state index in [1.54, 1.807) is 0 Å². The van der Waals surface area contributed by atoms with Crippen molar-refractivity contribution in [2.24, 2.45) is 0 Å². The van der Waals surface area contributed by atoms with Crippen molar-refractivity contribution in [1.29, 1.82) is 0 Å². The van der Waals surface area contributed by atoms with Crippen LogP contribution < -0.4 is 14.8 Å². The molecule has 0 amide bonds. The first-order chi connectivity index (χ1) is 9.90. The number of hydrogen-bond acceptors (Lipinski definition) is 3. The van der Waals surface area contributed by atoms with Crippen LogP contribution in [0.5, 0.6) is 11.5 Å². The van der Waals surface area contributed by atoms with Crippen molar-refractivity contribution in [3.05, 3.63) is 47.5 Å². The van der Waals surface area contributed by atoms with Crippen molar-refractivity contribution in [3.63, 3.8) is 0 Å². The average Bonchev–Trinajstić information content (AvgIpc) is 2.54. The van der Waals surface area contributed by atoms with Gasteiger partial charge in [0.25, 0.3) is 0 Å². The van der Waals surface area contributed by atoms with Crippen LogP contribution in [0.25, 0.3) is 11.1 Å². The van der Waals surface area contributed by atoms with Crippen LogP contribution in [0.15, 0.2) is 36.4 Å². The minimum atomic E-state index is 0.630. The number of fused-ring (bicyclic) bond motifs is 2. The summed E-state index contributed by atoms with van der Waals surface area (Å²) in [5.74, 6) is 1.70. The average molecular weight is 267 g/mol. The monoisotopic (exact) mass is 267 g/mol. The maximum Gasteiger partial charge on any atom is 0.161 e. The highest BCUT2D eigenvalue weighted by molar-refractivity contribution is 5.68. The molecule has 3 nitrogen and oxygen atoms in total. The third-order valence-electron chi connectivity index (χ3n) is 3.97. The highest BCUT2D eigenvalue weighted by Gasteiger charge is 2.14. The van der Waals surface area contributed by atoms with Crippen molar-refractivity contribution in [3.8, 4) is 22.6 Å². The maximum atomic E-state index is 5.66. The van der Waals surface area contributed by atoms with E-state index in [2.05, 4.69) is 35.6 Å². The van der Waals surface area contributed by atoms with Gasteiger partial charge in [-0.1, -0.05) is 18.2 Å². The fraction of sp³-hybridized carbons (Fsp3) is 0.294. The van der Waals surface area contributed by atoms with E-state index in [4.69, 9.17) is 9.47 Å². The summed E-state index contributed by atoms with van der Waals surface area (Å²) in [6.07, 6.45) is 1.12. The molecule has 0 bridgehead atoms. The SMILES string of the molecule is c1cc2c(cc1-c1ccc3c(c1)OCCO3)CNCC2. The standard InChI is InChI=1S/C17H17NO2/c1-2-13(9-15-11-18-6-5-12(1)15)14-3-4-16-17(10-14)20-8-7-19-16/h1-4,9-10,18H,5-8,11H2. The molecular formula is C17H17NO2. The maximum absolute atomic E-state index is 5.66. The highest BCUT2D eigenvalue weighted by atomic mass is 16.6. The van der Waals surface area contributed by atoms with Gasteiger partial charge in [-0.15, -0.1) is 0 Å². The van der Waals surface area contributed by atoms with Crippen molar-refractivity contribution in [2.45, 2.75) is 13.0 Å². The van der Waals surface area contributed by atoms with Crippen molar-refractivity contribution < 1.29 is 9.47 Å². The Morgan fingerprint density at radius 3 is 2.55 bits per heavy atom. The minimum Gasteiger partial charge on any atom is -0.486 e. The summed E-state index contributed by atoms with van der Waals surface area (Å²) in [4.78, 5) is 0. The predicted octanol–water partition coefficient (Wildman–Crippen LogP) is 2.77. The second-order valence-electron chi connectivity index (χ2n) is 5.27. The van der Waals surface area contributed by atoms with Crippen LogP contribution in [-0.2, 0) is 13.0 Å².